The molecule has 7 heteroatoms. The summed E-state index contributed by atoms with van der Waals surface area (Å²) in [7, 11) is -3.64. The Balaban J connectivity index is 2.83. The first-order chi connectivity index (χ1) is 9.65. The molecule has 0 aromatic heterocycles. The Hall–Kier alpha value is -1.91. The van der Waals surface area contributed by atoms with E-state index in [4.69, 9.17) is 5.26 Å². The minimum Gasteiger partial charge on any atom is -0.347 e. The first-order valence-electron chi connectivity index (χ1n) is 6.45. The summed E-state index contributed by atoms with van der Waals surface area (Å²) < 4.78 is 26.1. The number of carbonyl (C=O) groups is 1. The highest BCUT2D eigenvalue weighted by atomic mass is 32.2. The van der Waals surface area contributed by atoms with Crippen molar-refractivity contribution >= 4 is 15.9 Å². The molecule has 21 heavy (non-hydrogen) atoms. The molecule has 0 heterocycles. The smallest absolute Gasteiger partial charge is 0.251 e. The summed E-state index contributed by atoms with van der Waals surface area (Å²) in [5.41, 5.74) is 0.0293. The number of rotatable bonds is 5. The highest BCUT2D eigenvalue weighted by molar-refractivity contribution is 7.89. The zero-order valence-electron chi connectivity index (χ0n) is 12.3. The van der Waals surface area contributed by atoms with Crippen LogP contribution in [0.4, 0.5) is 0 Å². The molecule has 0 aliphatic carbocycles. The van der Waals surface area contributed by atoms with E-state index in [-0.39, 0.29) is 29.3 Å². The normalized spacial score (nSPS) is 11.7. The first-order valence-corrected chi connectivity index (χ1v) is 7.93. The van der Waals surface area contributed by atoms with Crippen LogP contribution in [0.1, 0.15) is 37.6 Å². The number of benzene rings is 1. The highest BCUT2D eigenvalue weighted by Gasteiger charge is 2.17. The summed E-state index contributed by atoms with van der Waals surface area (Å²) in [4.78, 5) is 12.0. The van der Waals surface area contributed by atoms with Crippen LogP contribution in [0.5, 0.6) is 0 Å². The van der Waals surface area contributed by atoms with Crippen molar-refractivity contribution in [3.8, 4) is 6.07 Å². The quantitative estimate of drug-likeness (QED) is 0.803. The van der Waals surface area contributed by atoms with Gasteiger partial charge in [-0.25, -0.2) is 13.1 Å². The minimum absolute atomic E-state index is 0.0606. The van der Waals surface area contributed by atoms with Crippen molar-refractivity contribution in [1.29, 1.82) is 5.26 Å². The van der Waals surface area contributed by atoms with Gasteiger partial charge in [-0.15, -0.1) is 0 Å². The van der Waals surface area contributed by atoms with E-state index in [1.54, 1.807) is 0 Å². The molecule has 0 saturated carbocycles. The van der Waals surface area contributed by atoms with Crippen molar-refractivity contribution in [1.82, 2.24) is 10.0 Å². The van der Waals surface area contributed by atoms with Gasteiger partial charge in [-0.2, -0.15) is 5.26 Å². The molecule has 0 unspecified atom stereocenters. The summed E-state index contributed by atoms with van der Waals surface area (Å²) >= 11 is 0. The SMILES string of the molecule is CC(C)(C)NC(=O)c1ccc(S(=O)(=O)NCCC#N)cc1. The van der Waals surface area contributed by atoms with Crippen molar-refractivity contribution < 1.29 is 13.2 Å². The van der Waals surface area contributed by atoms with Crippen molar-refractivity contribution in [3.63, 3.8) is 0 Å². The third kappa shape index (κ3) is 5.53. The zero-order valence-corrected chi connectivity index (χ0v) is 13.1. The number of hydrogen-bond acceptors (Lipinski definition) is 4. The van der Waals surface area contributed by atoms with Gasteiger partial charge in [0.25, 0.3) is 5.91 Å². The van der Waals surface area contributed by atoms with Crippen LogP contribution in [0.15, 0.2) is 29.2 Å². The number of hydrogen-bond donors (Lipinski definition) is 2. The monoisotopic (exact) mass is 309 g/mol. The Bertz CT molecular complexity index is 638. The zero-order chi connectivity index (χ0) is 16.1. The lowest BCUT2D eigenvalue weighted by Crippen LogP contribution is -2.40. The number of nitriles is 1. The van der Waals surface area contributed by atoms with E-state index in [1.807, 2.05) is 26.8 Å². The van der Waals surface area contributed by atoms with Crippen LogP contribution < -0.4 is 10.0 Å². The first kappa shape index (κ1) is 17.1. The summed E-state index contributed by atoms with van der Waals surface area (Å²) in [6.45, 7) is 5.65. The number of sulfonamides is 1. The van der Waals surface area contributed by atoms with Crippen molar-refractivity contribution in [2.75, 3.05) is 6.54 Å². The summed E-state index contributed by atoms with van der Waals surface area (Å²) in [5, 5.41) is 11.2. The van der Waals surface area contributed by atoms with E-state index in [1.165, 1.54) is 24.3 Å². The molecule has 0 atom stereocenters. The van der Waals surface area contributed by atoms with Crippen molar-refractivity contribution in [2.45, 2.75) is 37.6 Å². The van der Waals surface area contributed by atoms with Crippen LogP contribution in [-0.4, -0.2) is 26.4 Å². The Labute approximate surface area is 125 Å². The van der Waals surface area contributed by atoms with Crippen LogP contribution in [0.3, 0.4) is 0 Å². The second kappa shape index (κ2) is 6.70. The average Bonchev–Trinajstić information content (AvgIpc) is 2.37. The Kier molecular flexibility index (Phi) is 5.47. The van der Waals surface area contributed by atoms with E-state index in [9.17, 15) is 13.2 Å². The van der Waals surface area contributed by atoms with E-state index in [0.29, 0.717) is 5.56 Å². The molecule has 1 aromatic rings. The predicted octanol–water partition coefficient (Wildman–Crippen LogP) is 1.41. The van der Waals surface area contributed by atoms with Gasteiger partial charge >= 0.3 is 0 Å². The topological polar surface area (TPSA) is 99.1 Å². The molecule has 1 amide bonds. The Morgan fingerprint density at radius 1 is 1.24 bits per heavy atom. The standard InChI is InChI=1S/C14H19N3O3S/c1-14(2,3)17-13(18)11-5-7-12(8-6-11)21(19,20)16-10-4-9-15/h5-8,16H,4,10H2,1-3H3,(H,17,18). The second-order valence-electron chi connectivity index (χ2n) is 5.53. The van der Waals surface area contributed by atoms with Crippen LogP contribution in [0.25, 0.3) is 0 Å². The highest BCUT2D eigenvalue weighted by Crippen LogP contribution is 2.11. The molecular weight excluding hydrogens is 290 g/mol. The lowest BCUT2D eigenvalue weighted by atomic mass is 10.1. The molecule has 0 saturated heterocycles. The minimum atomic E-state index is -3.64. The van der Waals surface area contributed by atoms with Gasteiger partial charge in [0.05, 0.1) is 11.0 Å². The molecule has 6 nitrogen and oxygen atoms in total. The van der Waals surface area contributed by atoms with Crippen LogP contribution in [0, 0.1) is 11.3 Å². The van der Waals surface area contributed by atoms with E-state index in [2.05, 4.69) is 10.0 Å². The van der Waals surface area contributed by atoms with E-state index in [0.717, 1.165) is 0 Å². The summed E-state index contributed by atoms with van der Waals surface area (Å²) in [5.74, 6) is -0.260. The van der Waals surface area contributed by atoms with E-state index >= 15 is 0 Å². The fraction of sp³-hybridized carbons (Fsp3) is 0.429. The number of nitrogens with one attached hydrogen (secondary N) is 2. The fourth-order valence-electron chi connectivity index (χ4n) is 1.52. The largest absolute Gasteiger partial charge is 0.347 e. The Morgan fingerprint density at radius 3 is 2.29 bits per heavy atom. The van der Waals surface area contributed by atoms with Gasteiger partial charge in [0.15, 0.2) is 0 Å². The number of amides is 1. The maximum atomic E-state index is 11.9. The molecule has 1 aromatic carbocycles. The maximum Gasteiger partial charge on any atom is 0.251 e. The van der Waals surface area contributed by atoms with Crippen LogP contribution in [-0.2, 0) is 10.0 Å². The van der Waals surface area contributed by atoms with Gasteiger partial charge < -0.3 is 5.32 Å². The molecule has 0 radical (unpaired) electrons. The third-order valence-electron chi connectivity index (χ3n) is 2.44. The average molecular weight is 309 g/mol. The van der Waals surface area contributed by atoms with Gasteiger partial charge in [-0.3, -0.25) is 4.79 Å². The Morgan fingerprint density at radius 2 is 1.81 bits per heavy atom. The van der Waals surface area contributed by atoms with Gasteiger partial charge in [-0.1, -0.05) is 0 Å². The molecule has 2 N–H and O–H groups in total. The van der Waals surface area contributed by atoms with Crippen LogP contribution in [0.2, 0.25) is 0 Å². The molecule has 1 rings (SSSR count). The molecule has 0 fully saturated rings. The molecule has 0 aliphatic heterocycles. The molecule has 0 bridgehead atoms. The van der Waals surface area contributed by atoms with Gasteiger partial charge in [-0.05, 0) is 45.0 Å². The van der Waals surface area contributed by atoms with Crippen molar-refractivity contribution in [2.24, 2.45) is 0 Å². The fourth-order valence-corrected chi connectivity index (χ4v) is 2.55. The predicted molar refractivity (Wildman–Crippen MR) is 79.1 cm³/mol. The number of nitrogens with zero attached hydrogens (tertiary/aromatic N) is 1. The van der Waals surface area contributed by atoms with Gasteiger partial charge in [0.2, 0.25) is 10.0 Å². The third-order valence-corrected chi connectivity index (χ3v) is 3.92. The van der Waals surface area contributed by atoms with E-state index < -0.39 is 10.0 Å². The summed E-state index contributed by atoms with van der Waals surface area (Å²) in [6.07, 6.45) is 0.102. The lowest BCUT2D eigenvalue weighted by molar-refractivity contribution is 0.0919. The van der Waals surface area contributed by atoms with Gasteiger partial charge in [0, 0.05) is 24.1 Å². The molecule has 114 valence electrons. The molecular formula is C14H19N3O3S. The summed E-state index contributed by atoms with van der Waals surface area (Å²) in [6, 6.07) is 7.51. The molecule has 0 spiro atoms. The lowest BCUT2D eigenvalue weighted by Gasteiger charge is -2.20. The second-order valence-corrected chi connectivity index (χ2v) is 7.30. The maximum absolute atomic E-state index is 11.9. The number of carbonyl (C=O) groups excluding carboxylic acids is 1. The van der Waals surface area contributed by atoms with Gasteiger partial charge in [0.1, 0.15) is 0 Å². The van der Waals surface area contributed by atoms with Crippen LogP contribution >= 0.6 is 0 Å². The van der Waals surface area contributed by atoms with Crippen molar-refractivity contribution in [3.05, 3.63) is 29.8 Å². The molecule has 0 aliphatic rings.